The fourth-order valence-corrected chi connectivity index (χ4v) is 2.97. The summed E-state index contributed by atoms with van der Waals surface area (Å²) in [4.78, 5) is 15.9. The van der Waals surface area contributed by atoms with Crippen molar-refractivity contribution in [2.75, 3.05) is 32.2 Å². The Morgan fingerprint density at radius 3 is 2.68 bits per heavy atom. The van der Waals surface area contributed by atoms with Crippen molar-refractivity contribution in [1.82, 2.24) is 10.6 Å². The molecule has 2 aromatic carbocycles. The lowest BCUT2D eigenvalue weighted by Crippen LogP contribution is -2.36. The number of nitrogens with zero attached hydrogens (tertiary/aromatic N) is 1. The van der Waals surface area contributed by atoms with Crippen molar-refractivity contribution in [2.24, 2.45) is 4.99 Å². The Bertz CT molecular complexity index is 868. The van der Waals surface area contributed by atoms with Crippen molar-refractivity contribution in [3.63, 3.8) is 0 Å². The first-order chi connectivity index (χ1) is 15.0. The Morgan fingerprint density at radius 2 is 1.94 bits per heavy atom. The zero-order valence-corrected chi connectivity index (χ0v) is 19.0. The third-order valence-electron chi connectivity index (χ3n) is 4.43. The van der Waals surface area contributed by atoms with Gasteiger partial charge < -0.3 is 25.4 Å². The molecule has 1 amide bonds. The molecule has 7 heteroatoms. The van der Waals surface area contributed by atoms with E-state index in [4.69, 9.17) is 9.47 Å². The number of rotatable bonds is 11. The first-order valence-corrected chi connectivity index (χ1v) is 10.6. The average molecular weight is 427 g/mol. The summed E-state index contributed by atoms with van der Waals surface area (Å²) in [5.41, 5.74) is 4.01. The van der Waals surface area contributed by atoms with Gasteiger partial charge in [-0.2, -0.15) is 0 Å². The minimum Gasteiger partial charge on any atom is -0.493 e. The molecule has 7 nitrogen and oxygen atoms in total. The van der Waals surface area contributed by atoms with Gasteiger partial charge in [-0.15, -0.1) is 0 Å². The molecular weight excluding hydrogens is 392 g/mol. The summed E-state index contributed by atoms with van der Waals surface area (Å²) in [5.74, 6) is 1.51. The van der Waals surface area contributed by atoms with Crippen LogP contribution in [0, 0.1) is 6.92 Å². The zero-order valence-electron chi connectivity index (χ0n) is 19.0. The molecule has 0 heterocycles. The van der Waals surface area contributed by atoms with Crippen LogP contribution in [0.1, 0.15) is 37.0 Å². The smallest absolute Gasteiger partial charge is 0.221 e. The van der Waals surface area contributed by atoms with E-state index in [1.807, 2.05) is 31.2 Å². The summed E-state index contributed by atoms with van der Waals surface area (Å²) >= 11 is 0. The molecule has 0 unspecified atom stereocenters. The van der Waals surface area contributed by atoms with Crippen molar-refractivity contribution in [3.05, 3.63) is 59.2 Å². The first kappa shape index (κ1) is 24.2. The molecule has 0 bridgehead atoms. The van der Waals surface area contributed by atoms with E-state index in [1.165, 1.54) is 6.92 Å². The highest BCUT2D eigenvalue weighted by Gasteiger charge is 2.06. The summed E-state index contributed by atoms with van der Waals surface area (Å²) in [6, 6.07) is 13.9. The zero-order chi connectivity index (χ0) is 22.5. The van der Waals surface area contributed by atoms with Gasteiger partial charge in [-0.25, -0.2) is 4.99 Å². The van der Waals surface area contributed by atoms with E-state index in [0.717, 1.165) is 47.1 Å². The van der Waals surface area contributed by atoms with Crippen molar-refractivity contribution < 1.29 is 14.3 Å². The van der Waals surface area contributed by atoms with Crippen LogP contribution in [0.2, 0.25) is 0 Å². The number of methoxy groups -OCH3 is 1. The molecule has 2 rings (SSSR count). The Balaban J connectivity index is 2.02. The molecule has 0 aliphatic carbocycles. The standard InChI is InChI=1S/C24H34N4O3/c1-5-25-24(26-16-20-8-6-9-22(15-20)28-19(3)29)27-17-21-11-10-18(2)14-23(21)31-13-7-12-30-4/h6,8-11,14-15H,5,7,12-13,16-17H2,1-4H3,(H,28,29)(H2,25,26,27). The van der Waals surface area contributed by atoms with Crippen molar-refractivity contribution in [1.29, 1.82) is 0 Å². The number of carbonyl (C=O) groups is 1. The predicted molar refractivity (Wildman–Crippen MR) is 126 cm³/mol. The first-order valence-electron chi connectivity index (χ1n) is 10.6. The van der Waals surface area contributed by atoms with Gasteiger partial charge in [0.1, 0.15) is 5.75 Å². The number of aryl methyl sites for hydroxylation is 1. The Hall–Kier alpha value is -3.06. The Kier molecular flexibility index (Phi) is 10.4. The van der Waals surface area contributed by atoms with Crippen LogP contribution < -0.4 is 20.7 Å². The minimum atomic E-state index is -0.0889. The van der Waals surface area contributed by atoms with Crippen LogP contribution in [-0.2, 0) is 22.6 Å². The highest BCUT2D eigenvalue weighted by Crippen LogP contribution is 2.20. The molecule has 31 heavy (non-hydrogen) atoms. The van der Waals surface area contributed by atoms with E-state index in [2.05, 4.69) is 46.1 Å². The number of aliphatic imine (C=N–C) groups is 1. The maximum Gasteiger partial charge on any atom is 0.221 e. The van der Waals surface area contributed by atoms with Crippen molar-refractivity contribution in [2.45, 2.75) is 40.3 Å². The second-order valence-electron chi connectivity index (χ2n) is 7.24. The number of amides is 1. The van der Waals surface area contributed by atoms with Gasteiger partial charge in [-0.1, -0.05) is 24.3 Å². The lowest BCUT2D eigenvalue weighted by atomic mass is 10.1. The fraction of sp³-hybridized carbons (Fsp3) is 0.417. The minimum absolute atomic E-state index is 0.0889. The summed E-state index contributed by atoms with van der Waals surface area (Å²) < 4.78 is 11.1. The second kappa shape index (κ2) is 13.3. The summed E-state index contributed by atoms with van der Waals surface area (Å²) in [5, 5.41) is 9.45. The second-order valence-corrected chi connectivity index (χ2v) is 7.24. The molecule has 2 aromatic rings. The van der Waals surface area contributed by atoms with Gasteiger partial charge in [0, 0.05) is 51.4 Å². The van der Waals surface area contributed by atoms with E-state index in [9.17, 15) is 4.79 Å². The summed E-state index contributed by atoms with van der Waals surface area (Å²) in [7, 11) is 1.69. The number of guanidine groups is 1. The molecule has 0 saturated carbocycles. The molecule has 168 valence electrons. The van der Waals surface area contributed by atoms with Crippen LogP contribution in [0.5, 0.6) is 5.75 Å². The number of hydrogen-bond acceptors (Lipinski definition) is 4. The van der Waals surface area contributed by atoms with E-state index >= 15 is 0 Å². The maximum atomic E-state index is 11.3. The highest BCUT2D eigenvalue weighted by molar-refractivity contribution is 5.88. The van der Waals surface area contributed by atoms with Gasteiger partial charge in [0.2, 0.25) is 5.91 Å². The number of hydrogen-bond donors (Lipinski definition) is 3. The number of anilines is 1. The van der Waals surface area contributed by atoms with Gasteiger partial charge >= 0.3 is 0 Å². The maximum absolute atomic E-state index is 11.3. The van der Waals surface area contributed by atoms with Gasteiger partial charge in [-0.3, -0.25) is 4.79 Å². The number of carbonyl (C=O) groups excluding carboxylic acids is 1. The van der Waals surface area contributed by atoms with Crippen molar-refractivity contribution in [3.8, 4) is 5.75 Å². The van der Waals surface area contributed by atoms with Gasteiger partial charge in [-0.05, 0) is 43.2 Å². The molecule has 3 N–H and O–H groups in total. The molecule has 0 saturated heterocycles. The topological polar surface area (TPSA) is 84.0 Å². The monoisotopic (exact) mass is 426 g/mol. The number of ether oxygens (including phenoxy) is 2. The van der Waals surface area contributed by atoms with Gasteiger partial charge in [0.05, 0.1) is 13.2 Å². The quantitative estimate of drug-likeness (QED) is 0.290. The van der Waals surface area contributed by atoms with E-state index in [0.29, 0.717) is 26.3 Å². The predicted octanol–water partition coefficient (Wildman–Crippen LogP) is 3.62. The number of benzene rings is 2. The van der Waals surface area contributed by atoms with Crippen LogP contribution in [0.4, 0.5) is 5.69 Å². The van der Waals surface area contributed by atoms with Gasteiger partial charge in [0.15, 0.2) is 5.96 Å². The fourth-order valence-electron chi connectivity index (χ4n) is 2.97. The van der Waals surface area contributed by atoms with Crippen LogP contribution in [0.15, 0.2) is 47.5 Å². The molecule has 0 spiro atoms. The van der Waals surface area contributed by atoms with Crippen LogP contribution in [0.25, 0.3) is 0 Å². The Labute approximate surface area is 185 Å². The molecule has 0 aliphatic rings. The average Bonchev–Trinajstić information content (AvgIpc) is 2.74. The molecule has 0 atom stereocenters. The summed E-state index contributed by atoms with van der Waals surface area (Å²) in [6.45, 7) is 8.73. The lowest BCUT2D eigenvalue weighted by Gasteiger charge is -2.15. The molecule has 0 aliphatic heterocycles. The SMILES string of the molecule is CCNC(=NCc1cccc(NC(C)=O)c1)NCc1ccc(C)cc1OCCCOC. The summed E-state index contributed by atoms with van der Waals surface area (Å²) in [6.07, 6.45) is 0.846. The van der Waals surface area contributed by atoms with Gasteiger partial charge in [0.25, 0.3) is 0 Å². The molecular formula is C24H34N4O3. The lowest BCUT2D eigenvalue weighted by molar-refractivity contribution is -0.114. The third kappa shape index (κ3) is 9.09. The van der Waals surface area contributed by atoms with E-state index < -0.39 is 0 Å². The van der Waals surface area contributed by atoms with Crippen molar-refractivity contribution >= 4 is 17.6 Å². The van der Waals surface area contributed by atoms with E-state index in [-0.39, 0.29) is 5.91 Å². The van der Waals surface area contributed by atoms with Crippen LogP contribution in [0.3, 0.4) is 0 Å². The van der Waals surface area contributed by atoms with E-state index in [1.54, 1.807) is 7.11 Å². The molecule has 0 radical (unpaired) electrons. The Morgan fingerprint density at radius 1 is 1.10 bits per heavy atom. The van der Waals surface area contributed by atoms with Crippen LogP contribution in [-0.4, -0.2) is 38.7 Å². The van der Waals surface area contributed by atoms with Crippen LogP contribution >= 0.6 is 0 Å². The number of nitrogens with one attached hydrogen (secondary N) is 3. The molecule has 0 fully saturated rings. The highest BCUT2D eigenvalue weighted by atomic mass is 16.5. The third-order valence-corrected chi connectivity index (χ3v) is 4.43. The normalized spacial score (nSPS) is 11.2. The molecule has 0 aromatic heterocycles. The largest absolute Gasteiger partial charge is 0.493 e.